The van der Waals surface area contributed by atoms with Crippen LogP contribution in [0.1, 0.15) is 33.1 Å². The molecule has 0 aromatic heterocycles. The fourth-order valence-electron chi connectivity index (χ4n) is 2.07. The number of carbonyl (C=O) groups excluding carboxylic acids is 2. The highest BCUT2D eigenvalue weighted by Crippen LogP contribution is 2.15. The Kier molecular flexibility index (Phi) is 4.93. The fraction of sp³-hybridized carbons (Fsp3) is 0.833. The van der Waals surface area contributed by atoms with Crippen molar-refractivity contribution in [3.63, 3.8) is 0 Å². The molecular formula is C12H22N2O3. The van der Waals surface area contributed by atoms with Gasteiger partial charge >= 0.3 is 5.97 Å². The van der Waals surface area contributed by atoms with Crippen LogP contribution in [0.4, 0.5) is 0 Å². The molecule has 1 unspecified atom stereocenters. The second-order valence-electron chi connectivity index (χ2n) is 5.08. The Morgan fingerprint density at radius 1 is 1.47 bits per heavy atom. The van der Waals surface area contributed by atoms with Gasteiger partial charge in [-0.3, -0.25) is 4.79 Å². The zero-order valence-electron chi connectivity index (χ0n) is 10.8. The Morgan fingerprint density at radius 3 is 2.71 bits per heavy atom. The average Bonchev–Trinajstić information content (AvgIpc) is 2.28. The Bertz CT molecular complexity index is 283. The monoisotopic (exact) mass is 242 g/mol. The summed E-state index contributed by atoms with van der Waals surface area (Å²) in [5.41, 5.74) is -0.950. The van der Waals surface area contributed by atoms with Crippen molar-refractivity contribution < 1.29 is 14.3 Å². The summed E-state index contributed by atoms with van der Waals surface area (Å²) < 4.78 is 4.64. The molecule has 0 radical (unpaired) electrons. The van der Waals surface area contributed by atoms with Crippen molar-refractivity contribution in [2.75, 3.05) is 20.2 Å². The summed E-state index contributed by atoms with van der Waals surface area (Å²) in [6.07, 6.45) is 2.64. The Hall–Kier alpha value is -1.10. The van der Waals surface area contributed by atoms with Crippen LogP contribution in [0.25, 0.3) is 0 Å². The first-order valence-corrected chi connectivity index (χ1v) is 6.06. The van der Waals surface area contributed by atoms with Crippen molar-refractivity contribution in [1.82, 2.24) is 10.6 Å². The van der Waals surface area contributed by atoms with Gasteiger partial charge in [-0.15, -0.1) is 0 Å². The minimum atomic E-state index is -0.950. The van der Waals surface area contributed by atoms with Crippen LogP contribution in [-0.4, -0.2) is 37.6 Å². The number of hydrogen-bond donors (Lipinski definition) is 2. The Balaban J connectivity index is 2.40. The van der Waals surface area contributed by atoms with Crippen LogP contribution < -0.4 is 10.6 Å². The third kappa shape index (κ3) is 4.34. The molecule has 1 saturated heterocycles. The lowest BCUT2D eigenvalue weighted by molar-refractivity contribution is -0.149. The molecule has 1 aliphatic rings. The zero-order chi connectivity index (χ0) is 12.9. The second kappa shape index (κ2) is 6.00. The molecule has 1 aliphatic heterocycles. The summed E-state index contributed by atoms with van der Waals surface area (Å²) in [5.74, 6) is -0.140. The smallest absolute Gasteiger partial charge is 0.330 e. The number of nitrogens with one attached hydrogen (secondary N) is 2. The van der Waals surface area contributed by atoms with Crippen molar-refractivity contribution in [2.24, 2.45) is 5.92 Å². The van der Waals surface area contributed by atoms with Crippen LogP contribution in [0.5, 0.6) is 0 Å². The third-order valence-electron chi connectivity index (χ3n) is 3.02. The van der Waals surface area contributed by atoms with Crippen LogP contribution in [-0.2, 0) is 14.3 Å². The molecule has 5 nitrogen and oxygen atoms in total. The van der Waals surface area contributed by atoms with E-state index in [1.807, 2.05) is 0 Å². The van der Waals surface area contributed by atoms with Gasteiger partial charge in [0.05, 0.1) is 7.11 Å². The molecule has 1 amide bonds. The molecule has 0 spiro atoms. The molecule has 1 atom stereocenters. The second-order valence-corrected chi connectivity index (χ2v) is 5.08. The van der Waals surface area contributed by atoms with E-state index < -0.39 is 11.5 Å². The van der Waals surface area contributed by atoms with E-state index in [1.54, 1.807) is 13.8 Å². The van der Waals surface area contributed by atoms with Crippen molar-refractivity contribution in [3.05, 3.63) is 0 Å². The van der Waals surface area contributed by atoms with Crippen LogP contribution in [0, 0.1) is 5.92 Å². The van der Waals surface area contributed by atoms with Crippen molar-refractivity contribution in [2.45, 2.75) is 38.6 Å². The Labute approximate surface area is 102 Å². The van der Waals surface area contributed by atoms with Crippen LogP contribution >= 0.6 is 0 Å². The molecule has 0 saturated carbocycles. The lowest BCUT2D eigenvalue weighted by atomic mass is 9.95. The quantitative estimate of drug-likeness (QED) is 0.702. The van der Waals surface area contributed by atoms with Crippen molar-refractivity contribution in [1.29, 1.82) is 0 Å². The molecule has 5 heteroatoms. The minimum absolute atomic E-state index is 0.0888. The van der Waals surface area contributed by atoms with Crippen molar-refractivity contribution >= 4 is 11.9 Å². The van der Waals surface area contributed by atoms with Crippen molar-refractivity contribution in [3.8, 4) is 0 Å². The van der Waals surface area contributed by atoms with Gasteiger partial charge in [0.2, 0.25) is 5.91 Å². The standard InChI is InChI=1S/C12H22N2O3/c1-12(2,11(16)17-3)14-10(15)7-9-5-4-6-13-8-9/h9,13H,4-8H2,1-3H3,(H,14,15). The molecule has 2 N–H and O–H groups in total. The molecule has 0 aromatic rings. The van der Waals surface area contributed by atoms with E-state index in [-0.39, 0.29) is 5.91 Å². The zero-order valence-corrected chi connectivity index (χ0v) is 10.8. The first-order chi connectivity index (χ1) is 7.95. The first kappa shape index (κ1) is 14.0. The SMILES string of the molecule is COC(=O)C(C)(C)NC(=O)CC1CCCNC1. The predicted octanol–water partition coefficient (Wildman–Crippen LogP) is 0.444. The maximum Gasteiger partial charge on any atom is 0.330 e. The van der Waals surface area contributed by atoms with E-state index in [9.17, 15) is 9.59 Å². The number of carbonyl (C=O) groups is 2. The summed E-state index contributed by atoms with van der Waals surface area (Å²) in [7, 11) is 1.32. The minimum Gasteiger partial charge on any atom is -0.467 e. The highest BCUT2D eigenvalue weighted by molar-refractivity contribution is 5.87. The van der Waals surface area contributed by atoms with Crippen LogP contribution in [0.2, 0.25) is 0 Å². The predicted molar refractivity (Wildman–Crippen MR) is 64.4 cm³/mol. The maximum atomic E-state index is 11.8. The van der Waals surface area contributed by atoms with E-state index in [1.165, 1.54) is 7.11 Å². The van der Waals surface area contributed by atoms with Gasteiger partial charge in [-0.2, -0.15) is 0 Å². The number of rotatable bonds is 4. The molecule has 17 heavy (non-hydrogen) atoms. The molecule has 1 heterocycles. The average molecular weight is 242 g/mol. The number of hydrogen-bond acceptors (Lipinski definition) is 4. The maximum absolute atomic E-state index is 11.8. The first-order valence-electron chi connectivity index (χ1n) is 6.06. The largest absolute Gasteiger partial charge is 0.467 e. The lowest BCUT2D eigenvalue weighted by Crippen LogP contribution is -2.51. The normalized spacial score (nSPS) is 20.8. The summed E-state index contributed by atoms with van der Waals surface area (Å²) in [6, 6.07) is 0. The van der Waals surface area contributed by atoms with Gasteiger partial charge in [-0.25, -0.2) is 4.79 Å². The molecule has 1 rings (SSSR count). The third-order valence-corrected chi connectivity index (χ3v) is 3.02. The van der Waals surface area contributed by atoms with E-state index in [0.717, 1.165) is 25.9 Å². The van der Waals surface area contributed by atoms with Gasteiger partial charge in [-0.05, 0) is 45.7 Å². The topological polar surface area (TPSA) is 67.4 Å². The van der Waals surface area contributed by atoms with Crippen LogP contribution in [0.15, 0.2) is 0 Å². The van der Waals surface area contributed by atoms with E-state index in [2.05, 4.69) is 15.4 Å². The van der Waals surface area contributed by atoms with Gasteiger partial charge < -0.3 is 15.4 Å². The molecule has 1 fully saturated rings. The van der Waals surface area contributed by atoms with E-state index in [4.69, 9.17) is 0 Å². The summed E-state index contributed by atoms with van der Waals surface area (Å²) in [6.45, 7) is 5.21. The highest BCUT2D eigenvalue weighted by atomic mass is 16.5. The molecule has 0 bridgehead atoms. The fourth-order valence-corrected chi connectivity index (χ4v) is 2.07. The summed E-state index contributed by atoms with van der Waals surface area (Å²) in [4.78, 5) is 23.2. The summed E-state index contributed by atoms with van der Waals surface area (Å²) >= 11 is 0. The van der Waals surface area contributed by atoms with Gasteiger partial charge in [0.15, 0.2) is 0 Å². The highest BCUT2D eigenvalue weighted by Gasteiger charge is 2.31. The number of ether oxygens (including phenoxy) is 1. The molecule has 98 valence electrons. The van der Waals surface area contributed by atoms with Gasteiger partial charge in [0.1, 0.15) is 5.54 Å². The number of methoxy groups -OCH3 is 1. The van der Waals surface area contributed by atoms with Gasteiger partial charge in [0.25, 0.3) is 0 Å². The number of amides is 1. The molecular weight excluding hydrogens is 220 g/mol. The number of piperidine rings is 1. The lowest BCUT2D eigenvalue weighted by Gasteiger charge is -2.26. The van der Waals surface area contributed by atoms with E-state index >= 15 is 0 Å². The molecule has 0 aromatic carbocycles. The summed E-state index contributed by atoms with van der Waals surface area (Å²) in [5, 5.41) is 5.98. The van der Waals surface area contributed by atoms with Crippen LogP contribution in [0.3, 0.4) is 0 Å². The number of esters is 1. The van der Waals surface area contributed by atoms with E-state index in [0.29, 0.717) is 12.3 Å². The van der Waals surface area contributed by atoms with Gasteiger partial charge in [0, 0.05) is 6.42 Å². The van der Waals surface area contributed by atoms with Gasteiger partial charge in [-0.1, -0.05) is 0 Å². The Morgan fingerprint density at radius 2 is 2.18 bits per heavy atom. The molecule has 0 aliphatic carbocycles.